The van der Waals surface area contributed by atoms with Crippen LogP contribution < -0.4 is 11.1 Å². The average Bonchev–Trinajstić information content (AvgIpc) is 2.63. The molecule has 16 heavy (non-hydrogen) atoms. The van der Waals surface area contributed by atoms with Crippen molar-refractivity contribution in [3.63, 3.8) is 0 Å². The fourth-order valence-electron chi connectivity index (χ4n) is 1.38. The normalized spacial score (nSPS) is 10.4. The summed E-state index contributed by atoms with van der Waals surface area (Å²) in [7, 11) is 0. The van der Waals surface area contributed by atoms with E-state index in [1.54, 1.807) is 6.20 Å². The number of aromatic nitrogens is 1. The first-order valence-corrected chi connectivity index (χ1v) is 6.46. The van der Waals surface area contributed by atoms with Crippen LogP contribution in [0.5, 0.6) is 0 Å². The molecule has 3 N–H and O–H groups in total. The minimum Gasteiger partial charge on any atom is -0.330 e. The van der Waals surface area contributed by atoms with Crippen LogP contribution in [0.3, 0.4) is 0 Å². The number of unbranched alkanes of at least 4 members (excludes halogenated alkanes) is 3. The van der Waals surface area contributed by atoms with Crippen LogP contribution in [0.15, 0.2) is 6.20 Å². The van der Waals surface area contributed by atoms with Gasteiger partial charge in [0.1, 0.15) is 0 Å². The molecule has 0 saturated heterocycles. The molecule has 0 aliphatic rings. The lowest BCUT2D eigenvalue weighted by molar-refractivity contribution is -0.116. The van der Waals surface area contributed by atoms with Gasteiger partial charge < -0.3 is 11.1 Å². The number of nitrogens with zero attached hydrogens (tertiary/aromatic N) is 1. The number of nitrogens with one attached hydrogen (secondary N) is 1. The summed E-state index contributed by atoms with van der Waals surface area (Å²) < 4.78 is 0. The summed E-state index contributed by atoms with van der Waals surface area (Å²) in [4.78, 5) is 16.7. The fraction of sp³-hybridized carbons (Fsp3) is 0.636. The molecule has 1 aromatic rings. The second kappa shape index (κ2) is 7.35. The summed E-state index contributed by atoms with van der Waals surface area (Å²) >= 11 is 1.50. The lowest BCUT2D eigenvalue weighted by atomic mass is 10.1. The monoisotopic (exact) mass is 241 g/mol. The Morgan fingerprint density at radius 2 is 2.19 bits per heavy atom. The van der Waals surface area contributed by atoms with Gasteiger partial charge in [-0.25, -0.2) is 4.98 Å². The Morgan fingerprint density at radius 1 is 1.44 bits per heavy atom. The Labute approximate surface area is 100 Å². The van der Waals surface area contributed by atoms with Gasteiger partial charge in [0.05, 0.1) is 0 Å². The van der Waals surface area contributed by atoms with Gasteiger partial charge in [0.2, 0.25) is 5.91 Å². The molecule has 0 aliphatic heterocycles. The topological polar surface area (TPSA) is 68.0 Å². The summed E-state index contributed by atoms with van der Waals surface area (Å²) in [5.74, 6) is 0.0575. The highest BCUT2D eigenvalue weighted by atomic mass is 32.1. The van der Waals surface area contributed by atoms with Crippen molar-refractivity contribution in [1.82, 2.24) is 4.98 Å². The van der Waals surface area contributed by atoms with Crippen molar-refractivity contribution < 1.29 is 4.79 Å². The van der Waals surface area contributed by atoms with Crippen LogP contribution in [0.1, 0.15) is 37.0 Å². The van der Waals surface area contributed by atoms with Gasteiger partial charge in [0.15, 0.2) is 5.13 Å². The number of hydrogen-bond acceptors (Lipinski definition) is 4. The van der Waals surface area contributed by atoms with E-state index < -0.39 is 0 Å². The smallest absolute Gasteiger partial charge is 0.226 e. The Bertz CT molecular complexity index is 325. The number of carbonyl (C=O) groups is 1. The number of hydrogen-bond donors (Lipinski definition) is 2. The number of nitrogens with two attached hydrogens (primary N) is 1. The Morgan fingerprint density at radius 3 is 2.81 bits per heavy atom. The third-order valence-corrected chi connectivity index (χ3v) is 3.05. The van der Waals surface area contributed by atoms with Crippen molar-refractivity contribution in [2.24, 2.45) is 5.73 Å². The maximum absolute atomic E-state index is 11.5. The largest absolute Gasteiger partial charge is 0.330 e. The molecule has 0 atom stereocenters. The van der Waals surface area contributed by atoms with Gasteiger partial charge in [-0.2, -0.15) is 0 Å². The summed E-state index contributed by atoms with van der Waals surface area (Å²) in [5, 5.41) is 3.50. The van der Waals surface area contributed by atoms with Gasteiger partial charge in [0.25, 0.3) is 0 Å². The molecule has 1 aromatic heterocycles. The Hall–Kier alpha value is -0.940. The lowest BCUT2D eigenvalue weighted by Crippen LogP contribution is -2.10. The highest BCUT2D eigenvalue weighted by molar-refractivity contribution is 7.15. The number of thiazole rings is 1. The van der Waals surface area contributed by atoms with Crippen molar-refractivity contribution in [3.8, 4) is 0 Å². The molecule has 0 bridgehead atoms. The van der Waals surface area contributed by atoms with Crippen molar-refractivity contribution >= 4 is 22.4 Å². The quantitative estimate of drug-likeness (QED) is 0.720. The maximum Gasteiger partial charge on any atom is 0.226 e. The molecule has 0 saturated carbocycles. The summed E-state index contributed by atoms with van der Waals surface area (Å²) in [5.41, 5.74) is 5.39. The van der Waals surface area contributed by atoms with Crippen LogP contribution in [0.25, 0.3) is 0 Å². The highest BCUT2D eigenvalue weighted by Crippen LogP contribution is 2.16. The van der Waals surface area contributed by atoms with Crippen LogP contribution >= 0.6 is 11.3 Å². The van der Waals surface area contributed by atoms with Gasteiger partial charge in [-0.3, -0.25) is 4.79 Å². The van der Waals surface area contributed by atoms with Crippen molar-refractivity contribution in [1.29, 1.82) is 0 Å². The Kier molecular flexibility index (Phi) is 6.03. The molecule has 0 radical (unpaired) electrons. The van der Waals surface area contributed by atoms with E-state index in [-0.39, 0.29) is 5.91 Å². The summed E-state index contributed by atoms with van der Waals surface area (Å²) in [6.45, 7) is 2.71. The van der Waals surface area contributed by atoms with Gasteiger partial charge in [-0.1, -0.05) is 12.8 Å². The van der Waals surface area contributed by atoms with E-state index in [9.17, 15) is 4.79 Å². The van der Waals surface area contributed by atoms with Gasteiger partial charge >= 0.3 is 0 Å². The minimum atomic E-state index is 0.0575. The van der Waals surface area contributed by atoms with Crippen LogP contribution in [-0.4, -0.2) is 17.4 Å². The zero-order chi connectivity index (χ0) is 11.8. The molecule has 1 amide bonds. The van der Waals surface area contributed by atoms with Crippen LogP contribution in [0.4, 0.5) is 5.13 Å². The van der Waals surface area contributed by atoms with E-state index in [2.05, 4.69) is 10.3 Å². The SMILES string of the molecule is Cc1cnc(NC(=O)CCCCCCN)s1. The van der Waals surface area contributed by atoms with E-state index >= 15 is 0 Å². The van der Waals surface area contributed by atoms with Crippen molar-refractivity contribution in [2.75, 3.05) is 11.9 Å². The van der Waals surface area contributed by atoms with Crippen molar-refractivity contribution in [2.45, 2.75) is 39.0 Å². The Balaban J connectivity index is 2.11. The number of rotatable bonds is 7. The van der Waals surface area contributed by atoms with Crippen molar-refractivity contribution in [3.05, 3.63) is 11.1 Å². The zero-order valence-electron chi connectivity index (χ0n) is 9.66. The molecule has 0 aliphatic carbocycles. The molecule has 1 heterocycles. The molecule has 90 valence electrons. The molecule has 0 spiro atoms. The average molecular weight is 241 g/mol. The molecular weight excluding hydrogens is 222 g/mol. The molecule has 0 unspecified atom stereocenters. The first kappa shape index (κ1) is 13.1. The van der Waals surface area contributed by atoms with E-state index in [1.165, 1.54) is 11.3 Å². The molecule has 4 nitrogen and oxygen atoms in total. The minimum absolute atomic E-state index is 0.0575. The molecule has 0 aromatic carbocycles. The van der Waals surface area contributed by atoms with E-state index in [4.69, 9.17) is 5.73 Å². The predicted molar refractivity (Wildman–Crippen MR) is 67.6 cm³/mol. The number of anilines is 1. The molecule has 0 fully saturated rings. The summed E-state index contributed by atoms with van der Waals surface area (Å²) in [6.07, 6.45) is 6.50. The van der Waals surface area contributed by atoms with Crippen LogP contribution in [0.2, 0.25) is 0 Å². The van der Waals surface area contributed by atoms with Crippen LogP contribution in [-0.2, 0) is 4.79 Å². The van der Waals surface area contributed by atoms with Crippen LogP contribution in [0, 0.1) is 6.92 Å². The van der Waals surface area contributed by atoms with E-state index in [1.807, 2.05) is 6.92 Å². The molecule has 5 heteroatoms. The number of amides is 1. The predicted octanol–water partition coefficient (Wildman–Crippen LogP) is 2.30. The first-order valence-electron chi connectivity index (χ1n) is 5.64. The standard InChI is InChI=1S/C11H19N3OS/c1-9-8-13-11(16-9)14-10(15)6-4-2-3-5-7-12/h8H,2-7,12H2,1H3,(H,13,14,15). The van der Waals surface area contributed by atoms with Gasteiger partial charge in [-0.05, 0) is 26.3 Å². The number of aryl methyl sites for hydroxylation is 1. The molecule has 1 rings (SSSR count). The maximum atomic E-state index is 11.5. The first-order chi connectivity index (χ1) is 7.72. The van der Waals surface area contributed by atoms with E-state index in [0.29, 0.717) is 11.6 Å². The van der Waals surface area contributed by atoms with Gasteiger partial charge in [0, 0.05) is 17.5 Å². The fourth-order valence-corrected chi connectivity index (χ4v) is 2.06. The number of carbonyl (C=O) groups excluding carboxylic acids is 1. The van der Waals surface area contributed by atoms with E-state index in [0.717, 1.165) is 37.1 Å². The third-order valence-electron chi connectivity index (χ3n) is 2.23. The third kappa shape index (κ3) is 5.23. The van der Waals surface area contributed by atoms with Gasteiger partial charge in [-0.15, -0.1) is 11.3 Å². The second-order valence-corrected chi connectivity index (χ2v) is 5.01. The summed E-state index contributed by atoms with van der Waals surface area (Å²) in [6, 6.07) is 0. The zero-order valence-corrected chi connectivity index (χ0v) is 10.5. The lowest BCUT2D eigenvalue weighted by Gasteiger charge is -2.01. The molecular formula is C11H19N3OS. The highest BCUT2D eigenvalue weighted by Gasteiger charge is 2.04. The second-order valence-electron chi connectivity index (χ2n) is 3.78.